The molecule has 0 bridgehead atoms. The normalized spacial score (nSPS) is 36.4. The summed E-state index contributed by atoms with van der Waals surface area (Å²) in [7, 11) is 0. The lowest BCUT2D eigenvalue weighted by molar-refractivity contribution is -0.143. The van der Waals surface area contributed by atoms with Gasteiger partial charge in [0.15, 0.2) is 0 Å². The fraction of sp³-hybridized carbons (Fsp3) is 0.917. The van der Waals surface area contributed by atoms with Crippen molar-refractivity contribution >= 4 is 17.7 Å². The molecule has 2 unspecified atom stereocenters. The molecule has 0 radical (unpaired) electrons. The Bertz CT molecular complexity index is 266. The van der Waals surface area contributed by atoms with Crippen molar-refractivity contribution in [2.45, 2.75) is 67.4 Å². The second kappa shape index (κ2) is 4.96. The van der Waals surface area contributed by atoms with Crippen LogP contribution < -0.4 is 5.73 Å². The van der Waals surface area contributed by atoms with Crippen molar-refractivity contribution < 1.29 is 9.90 Å². The number of nitrogens with two attached hydrogens (primary N) is 1. The van der Waals surface area contributed by atoms with Gasteiger partial charge in [-0.2, -0.15) is 11.8 Å². The van der Waals surface area contributed by atoms with Crippen LogP contribution in [0.5, 0.6) is 0 Å². The number of carboxylic acid groups (broad SMARTS) is 1. The second-order valence-corrected chi connectivity index (χ2v) is 6.83. The van der Waals surface area contributed by atoms with E-state index in [2.05, 4.69) is 0 Å². The summed E-state index contributed by atoms with van der Waals surface area (Å²) in [5.41, 5.74) is 4.95. The van der Waals surface area contributed by atoms with Crippen molar-refractivity contribution in [1.29, 1.82) is 0 Å². The molecule has 2 fully saturated rings. The molecule has 4 heteroatoms. The van der Waals surface area contributed by atoms with Crippen LogP contribution in [0.15, 0.2) is 0 Å². The van der Waals surface area contributed by atoms with E-state index >= 15 is 0 Å². The average Bonchev–Trinajstić information content (AvgIpc) is 2.63. The smallest absolute Gasteiger partial charge is 0.323 e. The van der Waals surface area contributed by atoms with Gasteiger partial charge in [-0.05, 0) is 32.1 Å². The summed E-state index contributed by atoms with van der Waals surface area (Å²) in [5, 5.41) is 10.3. The van der Waals surface area contributed by atoms with Crippen molar-refractivity contribution in [1.82, 2.24) is 0 Å². The number of hydrogen-bond donors (Lipinski definition) is 2. The predicted molar refractivity (Wildman–Crippen MR) is 66.7 cm³/mol. The third-order valence-corrected chi connectivity index (χ3v) is 5.51. The molecule has 92 valence electrons. The molecule has 0 amide bonds. The summed E-state index contributed by atoms with van der Waals surface area (Å²) in [4.78, 5) is 11.0. The fourth-order valence-electron chi connectivity index (χ4n) is 2.81. The highest BCUT2D eigenvalue weighted by atomic mass is 32.2. The SMILES string of the molecule is NC1(C(=O)O)CCC(SC2CCCCC2)C1. The zero-order chi connectivity index (χ0) is 11.6. The Morgan fingerprint density at radius 2 is 1.88 bits per heavy atom. The summed E-state index contributed by atoms with van der Waals surface area (Å²) in [5.74, 6) is -0.820. The largest absolute Gasteiger partial charge is 0.480 e. The molecule has 2 rings (SSSR count). The van der Waals surface area contributed by atoms with Gasteiger partial charge in [0.05, 0.1) is 0 Å². The molecule has 2 aliphatic carbocycles. The van der Waals surface area contributed by atoms with Crippen LogP contribution in [0.4, 0.5) is 0 Å². The first-order valence-electron chi connectivity index (χ1n) is 6.28. The first kappa shape index (κ1) is 12.2. The zero-order valence-electron chi connectivity index (χ0n) is 9.65. The van der Waals surface area contributed by atoms with Gasteiger partial charge in [-0.15, -0.1) is 0 Å². The Balaban J connectivity index is 1.82. The second-order valence-electron chi connectivity index (χ2n) is 5.22. The van der Waals surface area contributed by atoms with Crippen LogP contribution in [-0.2, 0) is 4.79 Å². The summed E-state index contributed by atoms with van der Waals surface area (Å²) in [6, 6.07) is 0. The molecule has 2 saturated carbocycles. The first-order valence-corrected chi connectivity index (χ1v) is 7.22. The molecule has 0 heterocycles. The molecule has 16 heavy (non-hydrogen) atoms. The van der Waals surface area contributed by atoms with Gasteiger partial charge in [-0.3, -0.25) is 4.79 Å². The van der Waals surface area contributed by atoms with Gasteiger partial charge in [0.1, 0.15) is 5.54 Å². The molecule has 3 N–H and O–H groups in total. The van der Waals surface area contributed by atoms with Crippen LogP contribution >= 0.6 is 11.8 Å². The Morgan fingerprint density at radius 3 is 2.44 bits per heavy atom. The Labute approximate surface area is 101 Å². The fourth-order valence-corrected chi connectivity index (χ4v) is 4.61. The average molecular weight is 243 g/mol. The van der Waals surface area contributed by atoms with Crippen LogP contribution in [-0.4, -0.2) is 27.1 Å². The van der Waals surface area contributed by atoms with Gasteiger partial charge in [0.25, 0.3) is 0 Å². The summed E-state index contributed by atoms with van der Waals surface area (Å²) in [6.07, 6.45) is 8.96. The van der Waals surface area contributed by atoms with Crippen molar-refractivity contribution in [2.24, 2.45) is 5.73 Å². The highest BCUT2D eigenvalue weighted by Gasteiger charge is 2.42. The topological polar surface area (TPSA) is 63.3 Å². The number of aliphatic carboxylic acids is 1. The monoisotopic (exact) mass is 243 g/mol. The van der Waals surface area contributed by atoms with Gasteiger partial charge >= 0.3 is 5.97 Å². The van der Waals surface area contributed by atoms with Gasteiger partial charge in [0.2, 0.25) is 0 Å². The minimum Gasteiger partial charge on any atom is -0.480 e. The molecule has 0 aromatic carbocycles. The van der Waals surface area contributed by atoms with Gasteiger partial charge in [-0.1, -0.05) is 19.3 Å². The molecule has 0 spiro atoms. The van der Waals surface area contributed by atoms with E-state index in [0.717, 1.165) is 11.7 Å². The van der Waals surface area contributed by atoms with E-state index in [1.165, 1.54) is 32.1 Å². The zero-order valence-corrected chi connectivity index (χ0v) is 10.5. The van der Waals surface area contributed by atoms with Gasteiger partial charge < -0.3 is 10.8 Å². The third-order valence-electron chi connectivity index (χ3n) is 3.87. The minimum atomic E-state index is -0.938. The van der Waals surface area contributed by atoms with Crippen LogP contribution in [0.25, 0.3) is 0 Å². The predicted octanol–water partition coefficient (Wildman–Crippen LogP) is 2.39. The summed E-state index contributed by atoms with van der Waals surface area (Å²) in [6.45, 7) is 0. The van der Waals surface area contributed by atoms with Crippen LogP contribution in [0.2, 0.25) is 0 Å². The maximum absolute atomic E-state index is 11.0. The first-order chi connectivity index (χ1) is 7.60. The molecule has 2 atom stereocenters. The van der Waals surface area contributed by atoms with Gasteiger partial charge in [-0.25, -0.2) is 0 Å². The highest BCUT2D eigenvalue weighted by molar-refractivity contribution is 8.00. The lowest BCUT2D eigenvalue weighted by Crippen LogP contribution is -2.45. The Morgan fingerprint density at radius 1 is 1.19 bits per heavy atom. The number of thioether (sulfide) groups is 1. The number of hydrogen-bond acceptors (Lipinski definition) is 3. The quantitative estimate of drug-likeness (QED) is 0.799. The maximum atomic E-state index is 11.0. The van der Waals surface area contributed by atoms with Crippen LogP contribution in [0.1, 0.15) is 51.4 Å². The van der Waals surface area contributed by atoms with Crippen molar-refractivity contribution in [3.8, 4) is 0 Å². The van der Waals surface area contributed by atoms with Crippen molar-refractivity contribution in [2.75, 3.05) is 0 Å². The van der Waals surface area contributed by atoms with Crippen LogP contribution in [0, 0.1) is 0 Å². The standard InChI is InChI=1S/C12H21NO2S/c13-12(11(14)15)7-6-10(8-12)16-9-4-2-1-3-5-9/h9-10H,1-8,13H2,(H,14,15). The lowest BCUT2D eigenvalue weighted by atomic mass is 10.00. The molecule has 0 aromatic heterocycles. The molecular weight excluding hydrogens is 222 g/mol. The number of rotatable bonds is 3. The molecular formula is C12H21NO2S. The molecule has 0 aliphatic heterocycles. The molecule has 3 nitrogen and oxygen atoms in total. The number of carboxylic acids is 1. The van der Waals surface area contributed by atoms with E-state index in [1.54, 1.807) is 0 Å². The third kappa shape index (κ3) is 2.72. The van der Waals surface area contributed by atoms with Crippen molar-refractivity contribution in [3.05, 3.63) is 0 Å². The van der Waals surface area contributed by atoms with Gasteiger partial charge in [0, 0.05) is 10.5 Å². The molecule has 2 aliphatic rings. The maximum Gasteiger partial charge on any atom is 0.323 e. The van der Waals surface area contributed by atoms with E-state index in [-0.39, 0.29) is 0 Å². The molecule has 0 saturated heterocycles. The number of carbonyl (C=O) groups is 1. The Kier molecular flexibility index (Phi) is 3.80. The molecule has 0 aromatic rings. The highest BCUT2D eigenvalue weighted by Crippen LogP contribution is 2.41. The van der Waals surface area contributed by atoms with E-state index < -0.39 is 11.5 Å². The van der Waals surface area contributed by atoms with E-state index in [9.17, 15) is 4.79 Å². The van der Waals surface area contributed by atoms with Crippen molar-refractivity contribution in [3.63, 3.8) is 0 Å². The van der Waals surface area contributed by atoms with Crippen LogP contribution in [0.3, 0.4) is 0 Å². The Hall–Kier alpha value is -0.220. The van der Waals surface area contributed by atoms with E-state index in [1.807, 2.05) is 11.8 Å². The van der Waals surface area contributed by atoms with E-state index in [0.29, 0.717) is 18.1 Å². The van der Waals surface area contributed by atoms with E-state index in [4.69, 9.17) is 10.8 Å². The summed E-state index contributed by atoms with van der Waals surface area (Å²) >= 11 is 2.00. The lowest BCUT2D eigenvalue weighted by Gasteiger charge is -2.25. The summed E-state index contributed by atoms with van der Waals surface area (Å²) < 4.78 is 0. The minimum absolute atomic E-state index is 0.476.